The molecule has 0 spiro atoms. The average molecular weight is 216 g/mol. The molecule has 2 aromatic carbocycles. The van der Waals surface area contributed by atoms with E-state index in [-0.39, 0.29) is 0 Å². The van der Waals surface area contributed by atoms with Gasteiger partial charge < -0.3 is 0 Å². The molecule has 1 heteroatoms. The van der Waals surface area contributed by atoms with Gasteiger partial charge in [0.05, 0.1) is 0 Å². The summed E-state index contributed by atoms with van der Waals surface area (Å²) >= 11 is 5.84. The highest BCUT2D eigenvalue weighted by molar-refractivity contribution is 6.30. The van der Waals surface area contributed by atoms with Crippen molar-refractivity contribution in [3.63, 3.8) is 0 Å². The molecule has 0 atom stereocenters. The third kappa shape index (κ3) is 2.60. The Balaban J connectivity index is 2.22. The van der Waals surface area contributed by atoms with Crippen LogP contribution >= 0.6 is 11.6 Å². The zero-order valence-corrected chi connectivity index (χ0v) is 9.38. The molecule has 0 aliphatic heterocycles. The average Bonchev–Trinajstić information content (AvgIpc) is 2.25. The Bertz CT molecular complexity index is 443. The van der Waals surface area contributed by atoms with Gasteiger partial charge in [-0.15, -0.1) is 0 Å². The fraction of sp³-hybridized carbons (Fsp3) is 0.143. The first-order chi connectivity index (χ1) is 7.25. The van der Waals surface area contributed by atoms with Gasteiger partial charge in [-0.05, 0) is 48.2 Å². The molecule has 0 nitrogen and oxygen atoms in total. The van der Waals surface area contributed by atoms with Crippen LogP contribution in [0.2, 0.25) is 5.02 Å². The summed E-state index contributed by atoms with van der Waals surface area (Å²) in [7, 11) is 0. The Labute approximate surface area is 95.5 Å². The smallest absolute Gasteiger partial charge is 0.0406 e. The Hall–Kier alpha value is -1.27. The van der Waals surface area contributed by atoms with Crippen molar-refractivity contribution in [1.82, 2.24) is 0 Å². The van der Waals surface area contributed by atoms with Crippen molar-refractivity contribution < 1.29 is 0 Å². The predicted molar refractivity (Wildman–Crippen MR) is 64.3 cm³/mol. The van der Waals surface area contributed by atoms with Gasteiger partial charge in [-0.1, -0.05) is 41.9 Å². The minimum atomic E-state index is 0.787. The van der Waals surface area contributed by atoms with E-state index in [9.17, 15) is 0 Å². The van der Waals surface area contributed by atoms with Gasteiger partial charge in [-0.2, -0.15) is 0 Å². The molecule has 0 heterocycles. The van der Waals surface area contributed by atoms with Crippen LogP contribution < -0.4 is 0 Å². The van der Waals surface area contributed by atoms with E-state index < -0.39 is 0 Å². The second-order valence-electron chi connectivity index (χ2n) is 3.66. The minimum Gasteiger partial charge on any atom is -0.0843 e. The largest absolute Gasteiger partial charge is 0.0843 e. The summed E-state index contributed by atoms with van der Waals surface area (Å²) in [6.07, 6.45) is 0.945. The van der Waals surface area contributed by atoms with Gasteiger partial charge in [-0.25, -0.2) is 0 Å². The first-order valence-electron chi connectivity index (χ1n) is 4.96. The molecule has 1 radical (unpaired) electrons. The number of hydrogen-bond acceptors (Lipinski definition) is 0. The molecule has 75 valence electrons. The normalized spacial score (nSPS) is 10.3. The molecule has 0 bridgehead atoms. The van der Waals surface area contributed by atoms with Gasteiger partial charge in [0.2, 0.25) is 0 Å². The monoisotopic (exact) mass is 215 g/mol. The van der Waals surface area contributed by atoms with Gasteiger partial charge in [0.1, 0.15) is 0 Å². The zero-order chi connectivity index (χ0) is 10.7. The Morgan fingerprint density at radius 3 is 2.53 bits per heavy atom. The third-order valence-corrected chi connectivity index (χ3v) is 2.75. The van der Waals surface area contributed by atoms with Crippen molar-refractivity contribution in [2.45, 2.75) is 13.3 Å². The van der Waals surface area contributed by atoms with Crippen LogP contribution in [0.4, 0.5) is 0 Å². The summed E-state index contributed by atoms with van der Waals surface area (Å²) in [6.45, 7) is 2.12. The second kappa shape index (κ2) is 4.50. The van der Waals surface area contributed by atoms with E-state index in [2.05, 4.69) is 31.2 Å². The molecule has 0 amide bonds. The summed E-state index contributed by atoms with van der Waals surface area (Å²) in [5.74, 6) is 0. The molecule has 0 N–H and O–H groups in total. The van der Waals surface area contributed by atoms with Crippen LogP contribution in [0.15, 0.2) is 42.5 Å². The molecule has 2 aromatic rings. The first kappa shape index (κ1) is 10.3. The second-order valence-corrected chi connectivity index (χ2v) is 4.09. The number of halogens is 1. The fourth-order valence-electron chi connectivity index (χ4n) is 1.56. The molecule has 0 aromatic heterocycles. The summed E-state index contributed by atoms with van der Waals surface area (Å²) in [5, 5.41) is 0.787. The van der Waals surface area contributed by atoms with E-state index in [1.54, 1.807) is 0 Å². The Morgan fingerprint density at radius 2 is 1.87 bits per heavy atom. The molecule has 0 unspecified atom stereocenters. The van der Waals surface area contributed by atoms with Gasteiger partial charge in [0.25, 0.3) is 0 Å². The highest BCUT2D eigenvalue weighted by Crippen LogP contribution is 2.15. The zero-order valence-electron chi connectivity index (χ0n) is 8.63. The summed E-state index contributed by atoms with van der Waals surface area (Å²) in [4.78, 5) is 0. The minimum absolute atomic E-state index is 0.787. The van der Waals surface area contributed by atoms with Crippen molar-refractivity contribution in [3.05, 3.63) is 70.2 Å². The van der Waals surface area contributed by atoms with Gasteiger partial charge in [0.15, 0.2) is 0 Å². The molecule has 2 rings (SSSR count). The standard InChI is InChI=1S/C14H12Cl/c1-11-4-2-3-5-13(11)10-12-6-8-14(15)9-7-12/h2,4-9H,10H2,1H3. The molecule has 15 heavy (non-hydrogen) atoms. The third-order valence-electron chi connectivity index (χ3n) is 2.50. The van der Waals surface area contributed by atoms with E-state index >= 15 is 0 Å². The van der Waals surface area contributed by atoms with Gasteiger partial charge >= 0.3 is 0 Å². The molecular formula is C14H12Cl. The van der Waals surface area contributed by atoms with Crippen LogP contribution in [-0.2, 0) is 6.42 Å². The maximum Gasteiger partial charge on any atom is 0.0406 e. The molecule has 0 aliphatic carbocycles. The number of aryl methyl sites for hydroxylation is 1. The van der Waals surface area contributed by atoms with E-state index in [4.69, 9.17) is 11.6 Å². The van der Waals surface area contributed by atoms with Crippen LogP contribution in [0.25, 0.3) is 0 Å². The lowest BCUT2D eigenvalue weighted by atomic mass is 10.0. The molecule has 0 saturated carbocycles. The lowest BCUT2D eigenvalue weighted by Gasteiger charge is -2.05. The fourth-order valence-corrected chi connectivity index (χ4v) is 1.68. The number of rotatable bonds is 2. The summed E-state index contributed by atoms with van der Waals surface area (Å²) < 4.78 is 0. The number of hydrogen-bond donors (Lipinski definition) is 0. The van der Waals surface area contributed by atoms with Crippen LogP contribution in [0, 0.1) is 13.0 Å². The van der Waals surface area contributed by atoms with E-state index in [1.807, 2.05) is 24.3 Å². The van der Waals surface area contributed by atoms with Crippen LogP contribution in [0.5, 0.6) is 0 Å². The van der Waals surface area contributed by atoms with Crippen molar-refractivity contribution >= 4 is 11.6 Å². The van der Waals surface area contributed by atoms with Crippen molar-refractivity contribution in [1.29, 1.82) is 0 Å². The summed E-state index contributed by atoms with van der Waals surface area (Å²) in [5.41, 5.74) is 3.91. The Kier molecular flexibility index (Phi) is 3.08. The van der Waals surface area contributed by atoms with Crippen LogP contribution in [-0.4, -0.2) is 0 Å². The van der Waals surface area contributed by atoms with Crippen molar-refractivity contribution in [2.75, 3.05) is 0 Å². The topological polar surface area (TPSA) is 0 Å². The highest BCUT2D eigenvalue weighted by Gasteiger charge is 1.99. The number of benzene rings is 2. The lowest BCUT2D eigenvalue weighted by molar-refractivity contribution is 1.15. The Morgan fingerprint density at radius 1 is 1.13 bits per heavy atom. The van der Waals surface area contributed by atoms with Gasteiger partial charge in [-0.3, -0.25) is 0 Å². The highest BCUT2D eigenvalue weighted by atomic mass is 35.5. The van der Waals surface area contributed by atoms with Gasteiger partial charge in [0, 0.05) is 5.02 Å². The van der Waals surface area contributed by atoms with E-state index in [0.717, 1.165) is 11.4 Å². The van der Waals surface area contributed by atoms with E-state index in [1.165, 1.54) is 16.7 Å². The molecule has 0 saturated heterocycles. The van der Waals surface area contributed by atoms with E-state index in [0.29, 0.717) is 0 Å². The SMILES string of the molecule is Cc1cc[c]cc1Cc1ccc(Cl)cc1. The molecule has 0 fully saturated rings. The van der Waals surface area contributed by atoms with Crippen LogP contribution in [0.3, 0.4) is 0 Å². The maximum atomic E-state index is 5.84. The maximum absolute atomic E-state index is 5.84. The van der Waals surface area contributed by atoms with Crippen molar-refractivity contribution in [2.24, 2.45) is 0 Å². The first-order valence-corrected chi connectivity index (χ1v) is 5.33. The van der Waals surface area contributed by atoms with Crippen molar-refractivity contribution in [3.8, 4) is 0 Å². The summed E-state index contributed by atoms with van der Waals surface area (Å²) in [6, 6.07) is 17.2. The predicted octanol–water partition coefficient (Wildman–Crippen LogP) is 4.04. The molecule has 0 aliphatic rings. The lowest BCUT2D eigenvalue weighted by Crippen LogP contribution is -1.90. The van der Waals surface area contributed by atoms with Crippen LogP contribution in [0.1, 0.15) is 16.7 Å². The quantitative estimate of drug-likeness (QED) is 0.710. The molecular weight excluding hydrogens is 204 g/mol.